The number of hydrogen-bond acceptors (Lipinski definition) is 4. The van der Waals surface area contributed by atoms with Gasteiger partial charge in [0.2, 0.25) is 11.6 Å². The Morgan fingerprint density at radius 3 is 2.29 bits per heavy atom. The molecular formula is C25H15F5O4. The maximum absolute atomic E-state index is 13.8. The number of carbonyl (C=O) groups excluding carboxylic acids is 1. The van der Waals surface area contributed by atoms with Gasteiger partial charge in [-0.2, -0.15) is 0 Å². The zero-order valence-electron chi connectivity index (χ0n) is 17.5. The summed E-state index contributed by atoms with van der Waals surface area (Å²) in [7, 11) is 1.54. The topological polar surface area (TPSA) is 44.8 Å². The number of carbonyl (C=O) groups is 1. The predicted octanol–water partition coefficient (Wildman–Crippen LogP) is 6.14. The maximum atomic E-state index is 13.8. The largest absolute Gasteiger partial charge is 0.496 e. The van der Waals surface area contributed by atoms with E-state index in [4.69, 9.17) is 14.2 Å². The lowest BCUT2D eigenvalue weighted by atomic mass is 10.1. The first-order chi connectivity index (χ1) is 16.3. The second-order valence-corrected chi connectivity index (χ2v) is 7.06. The number of benzene rings is 3. The second-order valence-electron chi connectivity index (χ2n) is 7.06. The Kier molecular flexibility index (Phi) is 6.36. The van der Waals surface area contributed by atoms with E-state index in [9.17, 15) is 26.7 Å². The van der Waals surface area contributed by atoms with Crippen molar-refractivity contribution < 1.29 is 41.0 Å². The molecule has 3 aromatic carbocycles. The first kappa shape index (κ1) is 23.0. The lowest BCUT2D eigenvalue weighted by Crippen LogP contribution is -2.09. The number of allylic oxidation sites excluding steroid dienone is 3. The van der Waals surface area contributed by atoms with Crippen molar-refractivity contribution in [2.24, 2.45) is 0 Å². The van der Waals surface area contributed by atoms with E-state index >= 15 is 0 Å². The molecule has 0 saturated heterocycles. The van der Waals surface area contributed by atoms with Gasteiger partial charge < -0.3 is 14.2 Å². The highest BCUT2D eigenvalue weighted by molar-refractivity contribution is 6.12. The van der Waals surface area contributed by atoms with Crippen molar-refractivity contribution >= 4 is 11.9 Å². The molecular weight excluding hydrogens is 459 g/mol. The average Bonchev–Trinajstić information content (AvgIpc) is 3.16. The molecule has 4 rings (SSSR count). The van der Waals surface area contributed by atoms with Crippen molar-refractivity contribution in [2.45, 2.75) is 6.61 Å². The fraction of sp³-hybridized carbons (Fsp3) is 0.0800. The number of methoxy groups -OCH3 is 1. The first-order valence-electron chi connectivity index (χ1n) is 9.83. The Bertz CT molecular complexity index is 1320. The van der Waals surface area contributed by atoms with Gasteiger partial charge in [-0.3, -0.25) is 4.79 Å². The Labute approximate surface area is 190 Å². The molecule has 174 valence electrons. The predicted molar refractivity (Wildman–Crippen MR) is 112 cm³/mol. The number of fused-ring (bicyclic) bond motifs is 1. The van der Waals surface area contributed by atoms with Gasteiger partial charge in [-0.05, 0) is 24.3 Å². The van der Waals surface area contributed by atoms with Crippen molar-refractivity contribution in [1.82, 2.24) is 0 Å². The third-order valence-corrected chi connectivity index (χ3v) is 4.99. The van der Waals surface area contributed by atoms with E-state index in [1.165, 1.54) is 31.4 Å². The highest BCUT2D eigenvalue weighted by Crippen LogP contribution is 2.35. The minimum Gasteiger partial charge on any atom is -0.496 e. The summed E-state index contributed by atoms with van der Waals surface area (Å²) >= 11 is 0. The second kappa shape index (κ2) is 9.38. The number of ketones is 1. The van der Waals surface area contributed by atoms with Gasteiger partial charge in [0, 0.05) is 11.6 Å². The molecule has 9 heteroatoms. The van der Waals surface area contributed by atoms with Gasteiger partial charge in [-0.15, -0.1) is 0 Å². The highest BCUT2D eigenvalue weighted by atomic mass is 19.2. The minimum atomic E-state index is -2.25. The number of Topliss-reactive ketones (excluding diaryl/α,β-unsaturated/α-hetero) is 1. The average molecular weight is 474 g/mol. The molecule has 0 saturated carbocycles. The maximum Gasteiger partial charge on any atom is 0.231 e. The molecule has 1 heterocycles. The van der Waals surface area contributed by atoms with E-state index in [2.05, 4.69) is 0 Å². The summed E-state index contributed by atoms with van der Waals surface area (Å²) in [5, 5.41) is 0. The summed E-state index contributed by atoms with van der Waals surface area (Å²) in [4.78, 5) is 12.5. The van der Waals surface area contributed by atoms with Crippen LogP contribution in [0.2, 0.25) is 0 Å². The molecule has 0 N–H and O–H groups in total. The molecule has 3 aromatic rings. The molecule has 1 aliphatic heterocycles. The summed E-state index contributed by atoms with van der Waals surface area (Å²) in [6.45, 7) is -0.928. The number of hydrogen-bond donors (Lipinski definition) is 0. The number of halogens is 5. The van der Waals surface area contributed by atoms with Gasteiger partial charge in [0.05, 0.1) is 18.2 Å². The minimum absolute atomic E-state index is 0.00121. The van der Waals surface area contributed by atoms with Crippen LogP contribution in [0, 0.1) is 29.1 Å². The molecule has 0 unspecified atom stereocenters. The molecule has 0 atom stereocenters. The zero-order chi connectivity index (χ0) is 24.4. The van der Waals surface area contributed by atoms with E-state index in [0.29, 0.717) is 5.75 Å². The number of ether oxygens (including phenoxy) is 3. The van der Waals surface area contributed by atoms with Gasteiger partial charge in [0.1, 0.15) is 23.9 Å². The standard InChI is InChI=1S/C25H15F5O4/c1-32-17-7-3-2-5-13(17)6-4-8-18-25(31)15-10-9-14(11-19(15)34-18)33-12-16-20(26)22(28)24(30)23(29)21(16)27/h2-11H,12H2,1H3/b6-4+,18-8-. The molecule has 0 fully saturated rings. The van der Waals surface area contributed by atoms with Gasteiger partial charge in [-0.25, -0.2) is 22.0 Å². The van der Waals surface area contributed by atoms with E-state index < -0.39 is 47.0 Å². The fourth-order valence-corrected chi connectivity index (χ4v) is 3.25. The van der Waals surface area contributed by atoms with Crippen LogP contribution in [0.5, 0.6) is 17.2 Å². The van der Waals surface area contributed by atoms with Crippen molar-refractivity contribution in [3.05, 3.63) is 106 Å². The van der Waals surface area contributed by atoms with Crippen LogP contribution in [0.4, 0.5) is 22.0 Å². The van der Waals surface area contributed by atoms with E-state index in [0.717, 1.165) is 5.56 Å². The third kappa shape index (κ3) is 4.24. The van der Waals surface area contributed by atoms with Crippen LogP contribution >= 0.6 is 0 Å². The molecule has 34 heavy (non-hydrogen) atoms. The van der Waals surface area contributed by atoms with Crippen LogP contribution in [-0.4, -0.2) is 12.9 Å². The van der Waals surface area contributed by atoms with Crippen LogP contribution in [0.1, 0.15) is 21.5 Å². The van der Waals surface area contributed by atoms with E-state index in [1.807, 2.05) is 18.2 Å². The zero-order valence-corrected chi connectivity index (χ0v) is 17.5. The molecule has 0 aromatic heterocycles. The summed E-state index contributed by atoms with van der Waals surface area (Å²) < 4.78 is 83.5. The van der Waals surface area contributed by atoms with Crippen molar-refractivity contribution in [1.29, 1.82) is 0 Å². The van der Waals surface area contributed by atoms with Crippen LogP contribution in [0.3, 0.4) is 0 Å². The number of rotatable bonds is 6. The molecule has 0 spiro atoms. The van der Waals surface area contributed by atoms with Gasteiger partial charge in [0.15, 0.2) is 29.0 Å². The Morgan fingerprint density at radius 1 is 0.912 bits per heavy atom. The molecule has 0 bridgehead atoms. The van der Waals surface area contributed by atoms with Crippen LogP contribution in [-0.2, 0) is 6.61 Å². The van der Waals surface area contributed by atoms with Crippen LogP contribution < -0.4 is 14.2 Å². The van der Waals surface area contributed by atoms with Gasteiger partial charge in [-0.1, -0.05) is 30.4 Å². The summed E-state index contributed by atoms with van der Waals surface area (Å²) in [6.07, 6.45) is 4.80. The van der Waals surface area contributed by atoms with Crippen molar-refractivity contribution in [3.63, 3.8) is 0 Å². The summed E-state index contributed by atoms with van der Waals surface area (Å²) in [6, 6.07) is 11.2. The summed E-state index contributed by atoms with van der Waals surface area (Å²) in [5.74, 6) is -9.92. The molecule has 4 nitrogen and oxygen atoms in total. The normalized spacial score (nSPS) is 13.9. The fourth-order valence-electron chi connectivity index (χ4n) is 3.25. The van der Waals surface area contributed by atoms with Gasteiger partial charge >= 0.3 is 0 Å². The third-order valence-electron chi connectivity index (χ3n) is 4.99. The Morgan fingerprint density at radius 2 is 1.59 bits per heavy atom. The van der Waals surface area contributed by atoms with Gasteiger partial charge in [0.25, 0.3) is 0 Å². The van der Waals surface area contributed by atoms with Crippen molar-refractivity contribution in [2.75, 3.05) is 7.11 Å². The van der Waals surface area contributed by atoms with Crippen LogP contribution in [0.15, 0.2) is 60.4 Å². The molecule has 1 aliphatic rings. The SMILES string of the molecule is COc1ccccc1/C=C/C=C1\Oc2cc(OCc3c(F)c(F)c(F)c(F)c3F)ccc2C1=O. The lowest BCUT2D eigenvalue weighted by Gasteiger charge is -2.10. The molecule has 0 aliphatic carbocycles. The highest BCUT2D eigenvalue weighted by Gasteiger charge is 2.28. The lowest BCUT2D eigenvalue weighted by molar-refractivity contribution is 0.101. The number of para-hydroxylation sites is 1. The summed E-state index contributed by atoms with van der Waals surface area (Å²) in [5.41, 5.74) is -0.106. The van der Waals surface area contributed by atoms with E-state index in [1.54, 1.807) is 18.2 Å². The smallest absolute Gasteiger partial charge is 0.231 e. The first-order valence-corrected chi connectivity index (χ1v) is 9.83. The molecule has 0 amide bonds. The monoisotopic (exact) mass is 474 g/mol. The van der Waals surface area contributed by atoms with E-state index in [-0.39, 0.29) is 22.8 Å². The Balaban J connectivity index is 1.50. The quantitative estimate of drug-likeness (QED) is 0.186. The Hall–Kier alpha value is -4.14. The molecule has 0 radical (unpaired) electrons. The van der Waals surface area contributed by atoms with Crippen molar-refractivity contribution in [3.8, 4) is 17.2 Å². The van der Waals surface area contributed by atoms with Crippen LogP contribution in [0.25, 0.3) is 6.08 Å².